The topological polar surface area (TPSA) is 113 Å². The van der Waals surface area contributed by atoms with Crippen molar-refractivity contribution >= 4 is 23.9 Å². The highest BCUT2D eigenvalue weighted by Gasteiger charge is 2.39. The molecule has 0 bridgehead atoms. The van der Waals surface area contributed by atoms with E-state index in [1.165, 1.54) is 11.8 Å². The molecule has 0 aromatic heterocycles. The molecule has 1 saturated heterocycles. The molecule has 0 radical (unpaired) electrons. The van der Waals surface area contributed by atoms with Gasteiger partial charge < -0.3 is 19.5 Å². The normalized spacial score (nSPS) is 16.8. The lowest BCUT2D eigenvalue weighted by molar-refractivity contribution is -0.151. The van der Waals surface area contributed by atoms with Crippen LogP contribution in [0.5, 0.6) is 0 Å². The summed E-state index contributed by atoms with van der Waals surface area (Å²) in [5.41, 5.74) is 0.751. The molecule has 2 rings (SSSR count). The van der Waals surface area contributed by atoms with Crippen molar-refractivity contribution in [3.05, 3.63) is 35.9 Å². The average Bonchev–Trinajstić information content (AvgIpc) is 3.20. The third kappa shape index (κ3) is 5.94. The molecule has 9 nitrogen and oxygen atoms in total. The van der Waals surface area contributed by atoms with Gasteiger partial charge in [0.1, 0.15) is 25.2 Å². The Kier molecular flexibility index (Phi) is 7.99. The van der Waals surface area contributed by atoms with Crippen LogP contribution in [0.1, 0.15) is 32.3 Å². The number of carbonyl (C=O) groups excluding carboxylic acids is 3. The van der Waals surface area contributed by atoms with Crippen LogP contribution in [0.15, 0.2) is 30.3 Å². The Bertz CT molecular complexity index is 738. The Morgan fingerprint density at radius 3 is 2.52 bits per heavy atom. The van der Waals surface area contributed by atoms with E-state index in [0.717, 1.165) is 10.5 Å². The van der Waals surface area contributed by atoms with Crippen molar-refractivity contribution < 1.29 is 33.8 Å². The van der Waals surface area contributed by atoms with Crippen molar-refractivity contribution in [3.63, 3.8) is 0 Å². The van der Waals surface area contributed by atoms with Gasteiger partial charge in [0.25, 0.3) is 0 Å². The molecule has 1 aliphatic heterocycles. The maximum absolute atomic E-state index is 12.9. The van der Waals surface area contributed by atoms with Crippen LogP contribution in [0.4, 0.5) is 4.79 Å². The van der Waals surface area contributed by atoms with Gasteiger partial charge in [0, 0.05) is 6.54 Å². The molecule has 0 unspecified atom stereocenters. The van der Waals surface area contributed by atoms with Crippen molar-refractivity contribution in [2.75, 3.05) is 19.7 Å². The molecule has 158 valence electrons. The second-order valence-electron chi connectivity index (χ2n) is 6.68. The fourth-order valence-electron chi connectivity index (χ4n) is 3.17. The second kappa shape index (κ2) is 10.4. The van der Waals surface area contributed by atoms with Gasteiger partial charge >= 0.3 is 18.0 Å². The van der Waals surface area contributed by atoms with Crippen LogP contribution in [-0.4, -0.2) is 70.6 Å². The highest BCUT2D eigenvalue weighted by molar-refractivity contribution is 5.90. The summed E-state index contributed by atoms with van der Waals surface area (Å²) >= 11 is 0. The average molecular weight is 406 g/mol. The van der Waals surface area contributed by atoms with E-state index in [1.54, 1.807) is 31.2 Å². The number of aliphatic carboxylic acids is 1. The summed E-state index contributed by atoms with van der Waals surface area (Å²) in [6, 6.07) is 6.96. The standard InChI is InChI=1S/C20H26N2O7/c1-3-28-17(23)12-22(20(27)29-13-15-8-5-4-6-9-15)14(2)18(24)21-11-7-10-16(21)19(25)26/h4-6,8-9,14,16H,3,7,10-13H2,1-2H3,(H,25,26)/t14-,16-/m0/s1. The van der Waals surface area contributed by atoms with Crippen LogP contribution >= 0.6 is 0 Å². The smallest absolute Gasteiger partial charge is 0.411 e. The van der Waals surface area contributed by atoms with E-state index in [2.05, 4.69) is 0 Å². The largest absolute Gasteiger partial charge is 0.480 e. The molecular formula is C20H26N2O7. The minimum absolute atomic E-state index is 0.0264. The van der Waals surface area contributed by atoms with Gasteiger partial charge in [-0.25, -0.2) is 9.59 Å². The van der Waals surface area contributed by atoms with Crippen LogP contribution in [0.2, 0.25) is 0 Å². The second-order valence-corrected chi connectivity index (χ2v) is 6.68. The fourth-order valence-corrected chi connectivity index (χ4v) is 3.17. The maximum atomic E-state index is 12.9. The molecule has 1 aromatic carbocycles. The first-order valence-electron chi connectivity index (χ1n) is 9.51. The van der Waals surface area contributed by atoms with Crippen LogP contribution < -0.4 is 0 Å². The molecule has 29 heavy (non-hydrogen) atoms. The molecule has 2 amide bonds. The molecule has 0 spiro atoms. The lowest BCUT2D eigenvalue weighted by Gasteiger charge is -2.31. The Balaban J connectivity index is 2.12. The van der Waals surface area contributed by atoms with E-state index in [0.29, 0.717) is 12.8 Å². The number of carbonyl (C=O) groups is 4. The van der Waals surface area contributed by atoms with Crippen LogP contribution in [0.25, 0.3) is 0 Å². The Morgan fingerprint density at radius 1 is 1.21 bits per heavy atom. The van der Waals surface area contributed by atoms with Crippen molar-refractivity contribution in [3.8, 4) is 0 Å². The van der Waals surface area contributed by atoms with E-state index in [9.17, 15) is 24.3 Å². The number of rotatable bonds is 8. The summed E-state index contributed by atoms with van der Waals surface area (Å²) < 4.78 is 10.2. The third-order valence-electron chi connectivity index (χ3n) is 4.69. The number of carboxylic acid groups (broad SMARTS) is 1. The summed E-state index contributed by atoms with van der Waals surface area (Å²) in [5.74, 6) is -2.32. The van der Waals surface area contributed by atoms with Gasteiger partial charge in [-0.2, -0.15) is 0 Å². The van der Waals surface area contributed by atoms with Crippen LogP contribution in [0, 0.1) is 0 Å². The number of likely N-dealkylation sites (tertiary alicyclic amines) is 1. The number of carboxylic acids is 1. The number of esters is 1. The number of hydrogen-bond acceptors (Lipinski definition) is 6. The van der Waals surface area contributed by atoms with Gasteiger partial charge in [-0.1, -0.05) is 30.3 Å². The number of ether oxygens (including phenoxy) is 2. The summed E-state index contributed by atoms with van der Waals surface area (Å²) in [6.45, 7) is 2.99. The first kappa shape index (κ1) is 22.2. The van der Waals surface area contributed by atoms with Gasteiger partial charge in [-0.15, -0.1) is 0 Å². The monoisotopic (exact) mass is 406 g/mol. The van der Waals surface area contributed by atoms with E-state index < -0.39 is 42.6 Å². The molecule has 9 heteroatoms. The van der Waals surface area contributed by atoms with E-state index in [1.807, 2.05) is 6.07 Å². The predicted molar refractivity (Wildman–Crippen MR) is 102 cm³/mol. The number of hydrogen-bond donors (Lipinski definition) is 1. The van der Waals surface area contributed by atoms with E-state index >= 15 is 0 Å². The molecule has 1 N–H and O–H groups in total. The molecule has 1 heterocycles. The molecule has 0 aliphatic carbocycles. The van der Waals surface area contributed by atoms with Crippen molar-refractivity contribution in [2.24, 2.45) is 0 Å². The lowest BCUT2D eigenvalue weighted by Crippen LogP contribution is -2.53. The van der Waals surface area contributed by atoms with Gasteiger partial charge in [0.15, 0.2) is 0 Å². The quantitative estimate of drug-likeness (QED) is 0.653. The van der Waals surface area contributed by atoms with Gasteiger partial charge in [0.2, 0.25) is 5.91 Å². The summed E-state index contributed by atoms with van der Waals surface area (Å²) in [5, 5.41) is 9.31. The predicted octanol–water partition coefficient (Wildman–Crippen LogP) is 1.65. The van der Waals surface area contributed by atoms with E-state index in [4.69, 9.17) is 9.47 Å². The molecule has 1 aliphatic rings. The van der Waals surface area contributed by atoms with Crippen molar-refractivity contribution in [2.45, 2.75) is 45.4 Å². The van der Waals surface area contributed by atoms with Gasteiger partial charge in [0.05, 0.1) is 6.61 Å². The zero-order valence-corrected chi connectivity index (χ0v) is 16.6. The van der Waals surface area contributed by atoms with Crippen molar-refractivity contribution in [1.82, 2.24) is 9.80 Å². The lowest BCUT2D eigenvalue weighted by atomic mass is 10.2. The minimum Gasteiger partial charge on any atom is -0.480 e. The summed E-state index contributed by atoms with van der Waals surface area (Å²) in [4.78, 5) is 51.1. The Labute approximate surface area is 169 Å². The molecule has 1 aromatic rings. The summed E-state index contributed by atoms with van der Waals surface area (Å²) in [6.07, 6.45) is 0.0596. The minimum atomic E-state index is -1.09. The molecule has 0 saturated carbocycles. The fraction of sp³-hybridized carbons (Fsp3) is 0.500. The number of benzene rings is 1. The molecule has 1 fully saturated rings. The number of amides is 2. The van der Waals surface area contributed by atoms with Gasteiger partial charge in [-0.3, -0.25) is 14.5 Å². The maximum Gasteiger partial charge on any atom is 0.411 e. The Hall–Kier alpha value is -3.10. The summed E-state index contributed by atoms with van der Waals surface area (Å²) in [7, 11) is 0. The SMILES string of the molecule is CCOC(=O)CN(C(=O)OCc1ccccc1)[C@@H](C)C(=O)N1CCC[C@H]1C(=O)O. The molecule has 2 atom stereocenters. The number of nitrogens with zero attached hydrogens (tertiary/aromatic N) is 2. The molecular weight excluding hydrogens is 380 g/mol. The zero-order chi connectivity index (χ0) is 21.4. The van der Waals surface area contributed by atoms with Crippen LogP contribution in [-0.2, 0) is 30.5 Å². The first-order chi connectivity index (χ1) is 13.8. The zero-order valence-electron chi connectivity index (χ0n) is 16.6. The van der Waals surface area contributed by atoms with Gasteiger partial charge in [-0.05, 0) is 32.3 Å². The third-order valence-corrected chi connectivity index (χ3v) is 4.69. The van der Waals surface area contributed by atoms with Crippen molar-refractivity contribution in [1.29, 1.82) is 0 Å². The first-order valence-corrected chi connectivity index (χ1v) is 9.51. The van der Waals surface area contributed by atoms with E-state index in [-0.39, 0.29) is 19.8 Å². The highest BCUT2D eigenvalue weighted by Crippen LogP contribution is 2.20. The Morgan fingerprint density at radius 2 is 1.90 bits per heavy atom. The van der Waals surface area contributed by atoms with Crippen LogP contribution in [0.3, 0.4) is 0 Å². The highest BCUT2D eigenvalue weighted by atomic mass is 16.6.